The molecule has 0 radical (unpaired) electrons. The molecule has 1 N–H and O–H groups in total. The predicted molar refractivity (Wildman–Crippen MR) is 114 cm³/mol. The molecule has 3 aromatic carbocycles. The third-order valence-electron chi connectivity index (χ3n) is 4.03. The van der Waals surface area contributed by atoms with Gasteiger partial charge < -0.3 is 10.1 Å². The first-order valence-electron chi connectivity index (χ1n) is 8.46. The molecule has 0 aliphatic heterocycles. The number of hydrogen-bond acceptors (Lipinski definition) is 2. The molecule has 26 heavy (non-hydrogen) atoms. The minimum atomic E-state index is -0.121. The van der Waals surface area contributed by atoms with E-state index in [9.17, 15) is 4.79 Å². The molecule has 0 heterocycles. The summed E-state index contributed by atoms with van der Waals surface area (Å²) in [4.78, 5) is 12.4. The predicted octanol–water partition coefficient (Wildman–Crippen LogP) is 5.47. The lowest BCUT2D eigenvalue weighted by Crippen LogP contribution is -2.12. The molecule has 1 amide bonds. The highest BCUT2D eigenvalue weighted by atomic mass is 127. The van der Waals surface area contributed by atoms with Crippen molar-refractivity contribution in [1.29, 1.82) is 0 Å². The van der Waals surface area contributed by atoms with Gasteiger partial charge in [-0.1, -0.05) is 42.5 Å². The van der Waals surface area contributed by atoms with E-state index in [4.69, 9.17) is 4.74 Å². The number of benzene rings is 3. The van der Waals surface area contributed by atoms with Crippen LogP contribution in [0.4, 0.5) is 5.69 Å². The summed E-state index contributed by atoms with van der Waals surface area (Å²) < 4.78 is 6.90. The van der Waals surface area contributed by atoms with Crippen LogP contribution in [0.3, 0.4) is 0 Å². The zero-order valence-electron chi connectivity index (χ0n) is 14.5. The Balaban J connectivity index is 1.59. The third-order valence-corrected chi connectivity index (χ3v) is 5.19. The van der Waals surface area contributed by atoms with E-state index in [2.05, 4.69) is 40.0 Å². The van der Waals surface area contributed by atoms with Crippen LogP contribution in [0.15, 0.2) is 72.8 Å². The molecular weight excluding hydrogens is 437 g/mol. The van der Waals surface area contributed by atoms with Crippen LogP contribution < -0.4 is 10.1 Å². The van der Waals surface area contributed by atoms with Gasteiger partial charge in [-0.15, -0.1) is 0 Å². The van der Waals surface area contributed by atoms with Gasteiger partial charge >= 0.3 is 0 Å². The minimum absolute atomic E-state index is 0.121. The number of rotatable bonds is 6. The van der Waals surface area contributed by atoms with Crippen LogP contribution in [0.25, 0.3) is 0 Å². The lowest BCUT2D eigenvalue weighted by Gasteiger charge is -2.10. The Bertz CT molecular complexity index is 894. The average molecular weight is 457 g/mol. The second-order valence-corrected chi connectivity index (χ2v) is 7.19. The van der Waals surface area contributed by atoms with Crippen LogP contribution in [-0.4, -0.2) is 12.5 Å². The summed E-state index contributed by atoms with van der Waals surface area (Å²) in [6.07, 6.45) is 0.846. The molecule has 4 heteroatoms. The van der Waals surface area contributed by atoms with E-state index in [-0.39, 0.29) is 5.91 Å². The maximum absolute atomic E-state index is 12.4. The van der Waals surface area contributed by atoms with E-state index in [0.717, 1.165) is 27.0 Å². The number of amides is 1. The Hall–Kier alpha value is -2.34. The van der Waals surface area contributed by atoms with Crippen molar-refractivity contribution in [2.45, 2.75) is 13.3 Å². The molecule has 0 atom stereocenters. The summed E-state index contributed by atoms with van der Waals surface area (Å²) in [5.74, 6) is 0.626. The monoisotopic (exact) mass is 457 g/mol. The molecule has 132 valence electrons. The van der Waals surface area contributed by atoms with Gasteiger partial charge in [0.15, 0.2) is 0 Å². The lowest BCUT2D eigenvalue weighted by molar-refractivity contribution is 0.102. The smallest absolute Gasteiger partial charge is 0.255 e. The maximum atomic E-state index is 12.4. The Morgan fingerprint density at radius 2 is 1.81 bits per heavy atom. The molecule has 0 aromatic heterocycles. The molecular formula is C22H20INO2. The molecule has 3 nitrogen and oxygen atoms in total. The lowest BCUT2D eigenvalue weighted by atomic mass is 10.1. The van der Waals surface area contributed by atoms with Crippen LogP contribution in [-0.2, 0) is 6.42 Å². The molecule has 0 saturated carbocycles. The number of carbonyl (C=O) groups is 1. The largest absolute Gasteiger partial charge is 0.493 e. The van der Waals surface area contributed by atoms with Gasteiger partial charge in [-0.05, 0) is 64.9 Å². The zero-order chi connectivity index (χ0) is 18.4. The van der Waals surface area contributed by atoms with Crippen LogP contribution in [0.5, 0.6) is 5.75 Å². The summed E-state index contributed by atoms with van der Waals surface area (Å²) >= 11 is 2.24. The van der Waals surface area contributed by atoms with Crippen molar-refractivity contribution in [2.75, 3.05) is 11.9 Å². The molecule has 0 fully saturated rings. The Morgan fingerprint density at radius 1 is 1.00 bits per heavy atom. The molecule has 0 aliphatic carbocycles. The minimum Gasteiger partial charge on any atom is -0.493 e. The fraction of sp³-hybridized carbons (Fsp3) is 0.136. The van der Waals surface area contributed by atoms with Crippen molar-refractivity contribution < 1.29 is 9.53 Å². The van der Waals surface area contributed by atoms with Crippen molar-refractivity contribution in [3.63, 3.8) is 0 Å². The summed E-state index contributed by atoms with van der Waals surface area (Å²) in [6, 6.07) is 23.4. The number of carbonyl (C=O) groups excluding carboxylic acids is 1. The second-order valence-electron chi connectivity index (χ2n) is 6.03. The Labute approximate surface area is 167 Å². The van der Waals surface area contributed by atoms with E-state index in [1.54, 1.807) is 0 Å². The number of anilines is 1. The molecule has 0 unspecified atom stereocenters. The standard InChI is InChI=1S/C22H20INO2/c1-16-10-11-18(14-21(16)23)22(25)24-19-8-5-9-20(15-19)26-13-12-17-6-3-2-4-7-17/h2-11,14-15H,12-13H2,1H3,(H,24,25). The SMILES string of the molecule is Cc1ccc(C(=O)Nc2cccc(OCCc3ccccc3)c2)cc1I. The van der Waals surface area contributed by atoms with Gasteiger partial charge in [0.05, 0.1) is 6.61 Å². The highest BCUT2D eigenvalue weighted by Crippen LogP contribution is 2.19. The molecule has 0 bridgehead atoms. The first kappa shape index (κ1) is 18.5. The van der Waals surface area contributed by atoms with Gasteiger partial charge in [-0.2, -0.15) is 0 Å². The van der Waals surface area contributed by atoms with Gasteiger partial charge in [0, 0.05) is 27.3 Å². The number of halogens is 1. The average Bonchev–Trinajstić information content (AvgIpc) is 2.65. The molecule has 0 saturated heterocycles. The van der Waals surface area contributed by atoms with Gasteiger partial charge in [0.25, 0.3) is 5.91 Å². The number of nitrogens with one attached hydrogen (secondary N) is 1. The fourth-order valence-electron chi connectivity index (χ4n) is 2.53. The molecule has 0 spiro atoms. The summed E-state index contributed by atoms with van der Waals surface area (Å²) in [5, 5.41) is 2.93. The number of aryl methyl sites for hydroxylation is 1. The summed E-state index contributed by atoms with van der Waals surface area (Å²) in [7, 11) is 0. The van der Waals surface area contributed by atoms with Gasteiger partial charge in [-0.3, -0.25) is 4.79 Å². The fourth-order valence-corrected chi connectivity index (χ4v) is 3.05. The highest BCUT2D eigenvalue weighted by molar-refractivity contribution is 14.1. The van der Waals surface area contributed by atoms with E-state index in [0.29, 0.717) is 12.2 Å². The van der Waals surface area contributed by atoms with Crippen molar-refractivity contribution >= 4 is 34.2 Å². The van der Waals surface area contributed by atoms with Crippen molar-refractivity contribution in [3.8, 4) is 5.75 Å². The topological polar surface area (TPSA) is 38.3 Å². The first-order chi connectivity index (χ1) is 12.6. The number of ether oxygens (including phenoxy) is 1. The van der Waals surface area contributed by atoms with Gasteiger partial charge in [0.2, 0.25) is 0 Å². The summed E-state index contributed by atoms with van der Waals surface area (Å²) in [6.45, 7) is 2.62. The van der Waals surface area contributed by atoms with Crippen LogP contribution in [0.2, 0.25) is 0 Å². The first-order valence-corrected chi connectivity index (χ1v) is 9.54. The maximum Gasteiger partial charge on any atom is 0.255 e. The normalized spacial score (nSPS) is 10.4. The second kappa shape index (κ2) is 8.85. The van der Waals surface area contributed by atoms with E-state index in [1.807, 2.05) is 67.6 Å². The third kappa shape index (κ3) is 5.08. The van der Waals surface area contributed by atoms with Crippen molar-refractivity contribution in [3.05, 3.63) is 93.1 Å². The van der Waals surface area contributed by atoms with Crippen LogP contribution in [0.1, 0.15) is 21.5 Å². The van der Waals surface area contributed by atoms with Crippen molar-refractivity contribution in [1.82, 2.24) is 0 Å². The zero-order valence-corrected chi connectivity index (χ0v) is 16.7. The van der Waals surface area contributed by atoms with Crippen molar-refractivity contribution in [2.24, 2.45) is 0 Å². The molecule has 3 rings (SSSR count). The van der Waals surface area contributed by atoms with E-state index in [1.165, 1.54) is 5.56 Å². The van der Waals surface area contributed by atoms with Crippen LogP contribution in [0, 0.1) is 10.5 Å². The Kier molecular flexibility index (Phi) is 6.28. The van der Waals surface area contributed by atoms with E-state index < -0.39 is 0 Å². The van der Waals surface area contributed by atoms with Gasteiger partial charge in [-0.25, -0.2) is 0 Å². The van der Waals surface area contributed by atoms with E-state index >= 15 is 0 Å². The molecule has 0 aliphatic rings. The molecule has 3 aromatic rings. The number of hydrogen-bond donors (Lipinski definition) is 1. The van der Waals surface area contributed by atoms with Crippen LogP contribution >= 0.6 is 22.6 Å². The highest BCUT2D eigenvalue weighted by Gasteiger charge is 2.08. The Morgan fingerprint density at radius 3 is 2.58 bits per heavy atom. The van der Waals surface area contributed by atoms with Gasteiger partial charge in [0.1, 0.15) is 5.75 Å². The quantitative estimate of drug-likeness (QED) is 0.499. The summed E-state index contributed by atoms with van der Waals surface area (Å²) in [5.41, 5.74) is 3.78.